The van der Waals surface area contributed by atoms with Gasteiger partial charge in [0.25, 0.3) is 0 Å². The van der Waals surface area contributed by atoms with E-state index in [9.17, 15) is 8.42 Å². The molecule has 4 nitrogen and oxygen atoms in total. The van der Waals surface area contributed by atoms with Crippen LogP contribution in [-0.4, -0.2) is 8.42 Å². The molecule has 0 amide bonds. The first-order chi connectivity index (χ1) is 9.40. The molecule has 0 saturated heterocycles. The Kier molecular flexibility index (Phi) is 4.32. The average molecular weight is 311 g/mol. The fourth-order valence-electron chi connectivity index (χ4n) is 1.84. The second-order valence-electron chi connectivity index (χ2n) is 4.44. The fraction of sp³-hybridized carbons (Fsp3) is 0.143. The van der Waals surface area contributed by atoms with E-state index in [1.165, 1.54) is 18.2 Å². The molecule has 0 aromatic heterocycles. The Labute approximate surface area is 123 Å². The highest BCUT2D eigenvalue weighted by molar-refractivity contribution is 7.89. The van der Waals surface area contributed by atoms with Crippen molar-refractivity contribution in [2.24, 2.45) is 0 Å². The molecule has 0 aliphatic heterocycles. The van der Waals surface area contributed by atoms with Crippen molar-refractivity contribution in [1.82, 2.24) is 4.72 Å². The third-order valence-electron chi connectivity index (χ3n) is 2.88. The van der Waals surface area contributed by atoms with Gasteiger partial charge in [0, 0.05) is 11.7 Å². The number of hydrogen-bond donors (Lipinski definition) is 2. The van der Waals surface area contributed by atoms with Crippen LogP contribution >= 0.6 is 11.6 Å². The summed E-state index contributed by atoms with van der Waals surface area (Å²) in [5.74, 6) is 0. The van der Waals surface area contributed by atoms with Gasteiger partial charge in [-0.05, 0) is 30.7 Å². The Balaban J connectivity index is 2.28. The van der Waals surface area contributed by atoms with E-state index in [0.29, 0.717) is 5.69 Å². The molecule has 0 saturated carbocycles. The summed E-state index contributed by atoms with van der Waals surface area (Å²) < 4.78 is 27.2. The minimum Gasteiger partial charge on any atom is -0.399 e. The van der Waals surface area contributed by atoms with E-state index in [-0.39, 0.29) is 16.0 Å². The third kappa shape index (κ3) is 3.30. The van der Waals surface area contributed by atoms with Gasteiger partial charge in [0.15, 0.2) is 0 Å². The Morgan fingerprint density at radius 3 is 2.40 bits per heavy atom. The number of nitrogens with one attached hydrogen (secondary N) is 1. The minimum absolute atomic E-state index is 0.0242. The monoisotopic (exact) mass is 310 g/mol. The van der Waals surface area contributed by atoms with Gasteiger partial charge in [0.1, 0.15) is 4.90 Å². The smallest absolute Gasteiger partial charge is 0.242 e. The highest BCUT2D eigenvalue weighted by Gasteiger charge is 2.21. The van der Waals surface area contributed by atoms with Crippen molar-refractivity contribution >= 4 is 27.3 Å². The van der Waals surface area contributed by atoms with Gasteiger partial charge in [0.2, 0.25) is 10.0 Å². The van der Waals surface area contributed by atoms with Crippen molar-refractivity contribution < 1.29 is 8.42 Å². The zero-order valence-corrected chi connectivity index (χ0v) is 12.4. The van der Waals surface area contributed by atoms with Gasteiger partial charge in [-0.2, -0.15) is 0 Å². The van der Waals surface area contributed by atoms with E-state index in [4.69, 9.17) is 17.3 Å². The quantitative estimate of drug-likeness (QED) is 0.853. The molecule has 0 spiro atoms. The summed E-state index contributed by atoms with van der Waals surface area (Å²) in [6.07, 6.45) is 0. The fourth-order valence-corrected chi connectivity index (χ4v) is 3.63. The average Bonchev–Trinajstić information content (AvgIpc) is 2.38. The molecule has 2 rings (SSSR count). The highest BCUT2D eigenvalue weighted by atomic mass is 35.5. The van der Waals surface area contributed by atoms with Gasteiger partial charge in [-0.3, -0.25) is 0 Å². The lowest BCUT2D eigenvalue weighted by atomic mass is 10.1. The van der Waals surface area contributed by atoms with E-state index in [2.05, 4.69) is 4.72 Å². The molecule has 106 valence electrons. The lowest BCUT2D eigenvalue weighted by Crippen LogP contribution is -2.27. The second-order valence-corrected chi connectivity index (χ2v) is 6.53. The molecule has 20 heavy (non-hydrogen) atoms. The van der Waals surface area contributed by atoms with Gasteiger partial charge in [-0.1, -0.05) is 41.9 Å². The summed E-state index contributed by atoms with van der Waals surface area (Å²) >= 11 is 5.94. The maximum absolute atomic E-state index is 12.3. The number of hydrogen-bond acceptors (Lipinski definition) is 3. The Morgan fingerprint density at radius 2 is 1.80 bits per heavy atom. The van der Waals surface area contributed by atoms with Crippen molar-refractivity contribution in [3.63, 3.8) is 0 Å². The SMILES string of the molecule is C[C@H](NS(=O)(=O)c1ccc(N)cc1Cl)c1ccccc1. The minimum atomic E-state index is -3.69. The first-order valence-corrected chi connectivity index (χ1v) is 7.88. The molecular formula is C14H15ClN2O2S. The Morgan fingerprint density at radius 1 is 1.15 bits per heavy atom. The maximum Gasteiger partial charge on any atom is 0.242 e. The predicted molar refractivity (Wildman–Crippen MR) is 81.0 cm³/mol. The van der Waals surface area contributed by atoms with E-state index in [1.807, 2.05) is 30.3 Å². The number of nitrogen functional groups attached to an aromatic ring is 1. The number of halogens is 1. The van der Waals surface area contributed by atoms with Crippen LogP contribution in [0.3, 0.4) is 0 Å². The Bertz CT molecular complexity index is 702. The number of nitrogens with two attached hydrogens (primary N) is 1. The van der Waals surface area contributed by atoms with Gasteiger partial charge < -0.3 is 5.73 Å². The van der Waals surface area contributed by atoms with Crippen molar-refractivity contribution in [2.75, 3.05) is 5.73 Å². The van der Waals surface area contributed by atoms with Gasteiger partial charge in [-0.15, -0.1) is 0 Å². The van der Waals surface area contributed by atoms with Crippen LogP contribution in [0.15, 0.2) is 53.4 Å². The normalized spacial score (nSPS) is 13.1. The van der Waals surface area contributed by atoms with E-state index in [1.54, 1.807) is 6.92 Å². The highest BCUT2D eigenvalue weighted by Crippen LogP contribution is 2.25. The largest absolute Gasteiger partial charge is 0.399 e. The zero-order valence-electron chi connectivity index (χ0n) is 10.9. The van der Waals surface area contributed by atoms with Crippen molar-refractivity contribution in [2.45, 2.75) is 17.9 Å². The molecule has 3 N–H and O–H groups in total. The first-order valence-electron chi connectivity index (χ1n) is 6.02. The Hall–Kier alpha value is -1.56. The van der Waals surface area contributed by atoms with Gasteiger partial charge in [0.05, 0.1) is 5.02 Å². The molecule has 0 radical (unpaired) electrons. The molecule has 0 aliphatic carbocycles. The summed E-state index contributed by atoms with van der Waals surface area (Å²) in [5, 5.41) is 0.109. The third-order valence-corrected chi connectivity index (χ3v) is 4.90. The molecule has 0 bridgehead atoms. The van der Waals surface area contributed by atoms with E-state index >= 15 is 0 Å². The number of anilines is 1. The van der Waals surface area contributed by atoms with Crippen LogP contribution in [0, 0.1) is 0 Å². The predicted octanol–water partition coefficient (Wildman–Crippen LogP) is 2.96. The van der Waals surface area contributed by atoms with Gasteiger partial charge in [-0.25, -0.2) is 13.1 Å². The molecule has 2 aromatic rings. The number of rotatable bonds is 4. The van der Waals surface area contributed by atoms with Crippen LogP contribution < -0.4 is 10.5 Å². The maximum atomic E-state index is 12.3. The summed E-state index contributed by atoms with van der Waals surface area (Å²) in [6.45, 7) is 1.78. The van der Waals surface area contributed by atoms with E-state index in [0.717, 1.165) is 5.56 Å². The van der Waals surface area contributed by atoms with Gasteiger partial charge >= 0.3 is 0 Å². The second kappa shape index (κ2) is 5.83. The molecule has 0 heterocycles. The molecule has 1 atom stereocenters. The first kappa shape index (κ1) is 14.8. The van der Waals surface area contributed by atoms with E-state index < -0.39 is 10.0 Å². The zero-order chi connectivity index (χ0) is 14.8. The molecule has 6 heteroatoms. The molecule has 0 fully saturated rings. The van der Waals surface area contributed by atoms with Crippen LogP contribution in [-0.2, 0) is 10.0 Å². The van der Waals surface area contributed by atoms with Crippen LogP contribution in [0.4, 0.5) is 5.69 Å². The number of sulfonamides is 1. The molecule has 0 aliphatic rings. The van der Waals surface area contributed by atoms with Crippen LogP contribution in [0.1, 0.15) is 18.5 Å². The number of benzene rings is 2. The summed E-state index contributed by atoms with van der Waals surface area (Å²) in [5.41, 5.74) is 6.86. The topological polar surface area (TPSA) is 72.2 Å². The summed E-state index contributed by atoms with van der Waals surface area (Å²) in [4.78, 5) is 0.0242. The van der Waals surface area contributed by atoms with Crippen LogP contribution in [0.2, 0.25) is 5.02 Å². The van der Waals surface area contributed by atoms with Crippen molar-refractivity contribution in [3.8, 4) is 0 Å². The molecule has 2 aromatic carbocycles. The summed E-state index contributed by atoms with van der Waals surface area (Å²) in [7, 11) is -3.69. The lowest BCUT2D eigenvalue weighted by molar-refractivity contribution is 0.567. The molecular weight excluding hydrogens is 296 g/mol. The molecule has 0 unspecified atom stereocenters. The standard InChI is InChI=1S/C14H15ClN2O2S/c1-10(11-5-3-2-4-6-11)17-20(18,19)14-8-7-12(16)9-13(14)15/h2-10,17H,16H2,1H3/t10-/m0/s1. The van der Waals surface area contributed by atoms with Crippen LogP contribution in [0.25, 0.3) is 0 Å². The summed E-state index contributed by atoms with van der Waals surface area (Å²) in [6, 6.07) is 13.3. The van der Waals surface area contributed by atoms with Crippen molar-refractivity contribution in [3.05, 3.63) is 59.1 Å². The lowest BCUT2D eigenvalue weighted by Gasteiger charge is -2.15. The van der Waals surface area contributed by atoms with Crippen molar-refractivity contribution in [1.29, 1.82) is 0 Å². The van der Waals surface area contributed by atoms with Crippen LogP contribution in [0.5, 0.6) is 0 Å².